The Balaban J connectivity index is 2.69. The summed E-state index contributed by atoms with van der Waals surface area (Å²) < 4.78 is 34.0. The van der Waals surface area contributed by atoms with Gasteiger partial charge < -0.3 is 9.47 Å². The molecule has 2 aromatic carbocycles. The lowest BCUT2D eigenvalue weighted by Crippen LogP contribution is -2.16. The minimum Gasteiger partial charge on any atom is -0.462 e. The minimum atomic E-state index is -4.43. The molecule has 2 aromatic rings. The Kier molecular flexibility index (Phi) is 5.58. The first kappa shape index (κ1) is 19.3. The number of nitro benzene ring substituents is 1. The lowest BCUT2D eigenvalue weighted by Gasteiger charge is -2.12. The van der Waals surface area contributed by atoms with Crippen LogP contribution in [-0.4, -0.2) is 25.9 Å². The van der Waals surface area contributed by atoms with Crippen molar-refractivity contribution in [2.75, 3.05) is 6.61 Å². The molecule has 2 N–H and O–H groups in total. The van der Waals surface area contributed by atoms with Crippen LogP contribution in [0.3, 0.4) is 0 Å². The molecule has 0 aromatic heterocycles. The van der Waals surface area contributed by atoms with Crippen LogP contribution in [0.2, 0.25) is 0 Å². The number of carbonyl (C=O) groups excluding carboxylic acids is 1. The lowest BCUT2D eigenvalue weighted by atomic mass is 10.2. The van der Waals surface area contributed by atoms with Gasteiger partial charge in [0.15, 0.2) is 0 Å². The van der Waals surface area contributed by atoms with E-state index in [1.54, 1.807) is 19.1 Å². The zero-order valence-electron chi connectivity index (χ0n) is 14.0. The molecule has 2 rings (SSSR count). The fourth-order valence-corrected chi connectivity index (χ4v) is 2.79. The molecule has 26 heavy (non-hydrogen) atoms. The molecule has 0 fully saturated rings. The number of primary sulfonamides is 1. The molecule has 0 aliphatic heterocycles. The zero-order chi connectivity index (χ0) is 19.5. The summed E-state index contributed by atoms with van der Waals surface area (Å²) >= 11 is 0. The molecule has 0 amide bonds. The van der Waals surface area contributed by atoms with Crippen molar-refractivity contribution in [2.45, 2.75) is 18.7 Å². The molecule has 10 heteroatoms. The van der Waals surface area contributed by atoms with Crippen molar-refractivity contribution in [1.82, 2.24) is 0 Å². The number of hydrogen-bond acceptors (Lipinski definition) is 7. The van der Waals surface area contributed by atoms with Gasteiger partial charge in [-0.05, 0) is 32.0 Å². The first-order chi connectivity index (χ1) is 12.1. The van der Waals surface area contributed by atoms with Crippen LogP contribution in [0, 0.1) is 17.0 Å². The number of sulfonamides is 1. The highest BCUT2D eigenvalue weighted by atomic mass is 32.2. The molecule has 0 bridgehead atoms. The molecule has 0 saturated heterocycles. The Labute approximate surface area is 149 Å². The quantitative estimate of drug-likeness (QED) is 0.461. The number of carbonyl (C=O) groups is 1. The van der Waals surface area contributed by atoms with E-state index in [2.05, 4.69) is 0 Å². The number of nitrogens with two attached hydrogens (primary N) is 1. The molecule has 9 nitrogen and oxygen atoms in total. The van der Waals surface area contributed by atoms with E-state index < -0.39 is 37.2 Å². The van der Waals surface area contributed by atoms with Gasteiger partial charge in [-0.1, -0.05) is 17.7 Å². The summed E-state index contributed by atoms with van der Waals surface area (Å²) in [6, 6.07) is 8.19. The van der Waals surface area contributed by atoms with Crippen LogP contribution in [0.25, 0.3) is 0 Å². The number of ether oxygens (including phenoxy) is 2. The Morgan fingerprint density at radius 3 is 2.35 bits per heavy atom. The van der Waals surface area contributed by atoms with Crippen LogP contribution >= 0.6 is 0 Å². The second-order valence-electron chi connectivity index (χ2n) is 5.26. The van der Waals surface area contributed by atoms with Gasteiger partial charge in [0.25, 0.3) is 0 Å². The Hall–Kier alpha value is -2.98. The van der Waals surface area contributed by atoms with Crippen molar-refractivity contribution in [2.24, 2.45) is 5.14 Å². The smallest absolute Gasteiger partial charge is 0.338 e. The maximum atomic E-state index is 11.9. The van der Waals surface area contributed by atoms with E-state index >= 15 is 0 Å². The number of nitrogens with zero attached hydrogens (tertiary/aromatic N) is 1. The van der Waals surface area contributed by atoms with Crippen LogP contribution in [0.1, 0.15) is 22.8 Å². The van der Waals surface area contributed by atoms with Crippen LogP contribution in [0.15, 0.2) is 41.3 Å². The molecule has 0 aliphatic carbocycles. The van der Waals surface area contributed by atoms with Gasteiger partial charge >= 0.3 is 11.7 Å². The van der Waals surface area contributed by atoms with Crippen LogP contribution in [0.5, 0.6) is 11.5 Å². The van der Waals surface area contributed by atoms with Crippen molar-refractivity contribution in [3.05, 3.63) is 57.6 Å². The average molecular weight is 380 g/mol. The predicted molar refractivity (Wildman–Crippen MR) is 91.7 cm³/mol. The second-order valence-corrected chi connectivity index (χ2v) is 6.79. The summed E-state index contributed by atoms with van der Waals surface area (Å²) in [6.07, 6.45) is 0. The molecule has 0 atom stereocenters. The number of aryl methyl sites for hydroxylation is 1. The fourth-order valence-electron chi connectivity index (χ4n) is 2.09. The van der Waals surface area contributed by atoms with Gasteiger partial charge in [-0.25, -0.2) is 18.4 Å². The topological polar surface area (TPSA) is 139 Å². The van der Waals surface area contributed by atoms with Gasteiger partial charge in [0.1, 0.15) is 10.6 Å². The molecule has 0 aliphatic rings. The van der Waals surface area contributed by atoms with Gasteiger partial charge in [0.2, 0.25) is 15.8 Å². The van der Waals surface area contributed by atoms with Crippen molar-refractivity contribution < 1.29 is 27.6 Å². The van der Waals surface area contributed by atoms with Crippen LogP contribution < -0.4 is 9.88 Å². The highest BCUT2D eigenvalue weighted by Gasteiger charge is 2.29. The van der Waals surface area contributed by atoms with E-state index in [0.717, 1.165) is 17.7 Å². The van der Waals surface area contributed by atoms with Crippen LogP contribution in [-0.2, 0) is 14.8 Å². The fraction of sp³-hybridized carbons (Fsp3) is 0.188. The third kappa shape index (κ3) is 4.35. The minimum absolute atomic E-state index is 0.0129. The number of benzene rings is 2. The third-order valence-electron chi connectivity index (χ3n) is 3.29. The maximum absolute atomic E-state index is 11.9. The van der Waals surface area contributed by atoms with Gasteiger partial charge in [-0.3, -0.25) is 10.1 Å². The third-order valence-corrected chi connectivity index (χ3v) is 4.21. The van der Waals surface area contributed by atoms with Crippen molar-refractivity contribution in [3.8, 4) is 11.5 Å². The van der Waals surface area contributed by atoms with Gasteiger partial charge in [-0.2, -0.15) is 0 Å². The average Bonchev–Trinajstić information content (AvgIpc) is 2.56. The molecular weight excluding hydrogens is 364 g/mol. The van der Waals surface area contributed by atoms with E-state index in [9.17, 15) is 23.3 Å². The van der Waals surface area contributed by atoms with Crippen LogP contribution in [0.4, 0.5) is 5.69 Å². The van der Waals surface area contributed by atoms with E-state index in [0.29, 0.717) is 0 Å². The van der Waals surface area contributed by atoms with Gasteiger partial charge in [0.05, 0.1) is 17.1 Å². The highest BCUT2D eigenvalue weighted by molar-refractivity contribution is 7.89. The zero-order valence-corrected chi connectivity index (χ0v) is 14.8. The van der Waals surface area contributed by atoms with Crippen molar-refractivity contribution >= 4 is 21.7 Å². The molecule has 0 saturated carbocycles. The predicted octanol–water partition coefficient (Wildman–Crippen LogP) is 2.52. The molecular formula is C16H16N2O7S. The Morgan fingerprint density at radius 2 is 1.85 bits per heavy atom. The molecule has 0 spiro atoms. The summed E-state index contributed by atoms with van der Waals surface area (Å²) in [5.74, 6) is -1.32. The number of rotatable bonds is 6. The summed E-state index contributed by atoms with van der Waals surface area (Å²) in [4.78, 5) is 21.8. The first-order valence-corrected chi connectivity index (χ1v) is 8.95. The normalized spacial score (nSPS) is 11.0. The number of esters is 1. The summed E-state index contributed by atoms with van der Waals surface area (Å²) in [6.45, 7) is 3.39. The molecule has 138 valence electrons. The van der Waals surface area contributed by atoms with E-state index in [1.807, 2.05) is 6.92 Å². The Morgan fingerprint density at radius 1 is 1.23 bits per heavy atom. The number of nitro groups is 1. The SMILES string of the molecule is CCOC(=O)c1cc([N+](=O)[O-])c(Oc2ccc(C)cc2)c(S(N)(=O)=O)c1. The Bertz CT molecular complexity index is 953. The monoisotopic (exact) mass is 380 g/mol. The largest absolute Gasteiger partial charge is 0.462 e. The molecule has 0 unspecified atom stereocenters. The van der Waals surface area contributed by atoms with E-state index in [4.69, 9.17) is 14.6 Å². The second kappa shape index (κ2) is 7.50. The summed E-state index contributed by atoms with van der Waals surface area (Å²) in [7, 11) is -4.43. The van der Waals surface area contributed by atoms with Gasteiger partial charge in [-0.15, -0.1) is 0 Å². The summed E-state index contributed by atoms with van der Waals surface area (Å²) in [5.41, 5.74) is -0.129. The van der Waals surface area contributed by atoms with Gasteiger partial charge in [0, 0.05) is 6.07 Å². The first-order valence-electron chi connectivity index (χ1n) is 7.40. The lowest BCUT2D eigenvalue weighted by molar-refractivity contribution is -0.385. The standard InChI is InChI=1S/C16H16N2O7S/c1-3-24-16(19)11-8-13(18(20)21)15(14(9-11)26(17,22)23)25-12-6-4-10(2)5-7-12/h4-9H,3H2,1-2H3,(H2,17,22,23). The van der Waals surface area contributed by atoms with E-state index in [1.165, 1.54) is 12.1 Å². The number of hydrogen-bond donors (Lipinski definition) is 1. The molecule has 0 heterocycles. The van der Waals surface area contributed by atoms with Crippen molar-refractivity contribution in [3.63, 3.8) is 0 Å². The maximum Gasteiger partial charge on any atom is 0.338 e. The van der Waals surface area contributed by atoms with Crippen molar-refractivity contribution in [1.29, 1.82) is 0 Å². The van der Waals surface area contributed by atoms with E-state index in [-0.39, 0.29) is 17.9 Å². The highest BCUT2D eigenvalue weighted by Crippen LogP contribution is 2.38. The summed E-state index contributed by atoms with van der Waals surface area (Å²) in [5, 5.41) is 16.6. The molecule has 0 radical (unpaired) electrons.